The van der Waals surface area contributed by atoms with Crippen molar-refractivity contribution in [3.05, 3.63) is 28.9 Å². The minimum atomic E-state index is -3.97. The second-order valence-electron chi connectivity index (χ2n) is 17.9. The van der Waals surface area contributed by atoms with Crippen LogP contribution in [0.2, 0.25) is 22.2 Å². The van der Waals surface area contributed by atoms with E-state index in [9.17, 15) is 24.3 Å². The highest BCUT2D eigenvalue weighted by Crippen LogP contribution is 2.57. The van der Waals surface area contributed by atoms with Crippen molar-refractivity contribution in [3.63, 3.8) is 0 Å². The maximum atomic E-state index is 13.4. The molecule has 1 amide bonds. The van der Waals surface area contributed by atoms with Crippen LogP contribution in [0.1, 0.15) is 94.7 Å². The average Bonchev–Trinajstić information content (AvgIpc) is 3.91. The monoisotopic (exact) mass is 1000 g/mol. The summed E-state index contributed by atoms with van der Waals surface area (Å²) in [4.78, 5) is 51.2. The molecule has 3 aromatic rings. The van der Waals surface area contributed by atoms with Gasteiger partial charge in [0.1, 0.15) is 30.7 Å². The molecule has 2 aliphatic heterocycles. The Kier molecular flexibility index (Phi) is 17.1. The summed E-state index contributed by atoms with van der Waals surface area (Å²) >= 11 is 6.18. The van der Waals surface area contributed by atoms with Crippen molar-refractivity contribution in [2.45, 2.75) is 147 Å². The van der Waals surface area contributed by atoms with E-state index in [0.29, 0.717) is 12.3 Å². The Morgan fingerprint density at radius 1 is 1.11 bits per heavy atom. The van der Waals surface area contributed by atoms with Crippen molar-refractivity contribution in [2.24, 2.45) is 11.8 Å². The van der Waals surface area contributed by atoms with Gasteiger partial charge >= 0.3 is 32.1 Å². The van der Waals surface area contributed by atoms with E-state index in [2.05, 4.69) is 97.0 Å². The lowest BCUT2D eigenvalue weighted by atomic mass is 10.1. The van der Waals surface area contributed by atoms with Gasteiger partial charge in [0.25, 0.3) is 5.56 Å². The number of fused-ring (bicyclic) bond motifs is 2. The van der Waals surface area contributed by atoms with E-state index in [0.717, 1.165) is 0 Å². The number of anilines is 1. The standard InChI is InChI=1S/C38H61N9O13P2SSi2/c1-21(2)35(48)43-38-42-34-31(36(49)44-38)45-46-47(34)37-33(32-29(56-37)19-54-64(22(3)4,23(5)6)60-65(59-32,24(7)8)25(9)10)58-62(63,52-15-11-13-39)53-18-26-16-27(17-28(26)57-61(50)51)55-30-12-14-40-20-41-30/h12,14,20-29,32-33,37,61H,11,15-19H2,1-10H3,(H,50,51)(H2,42,43,44,48,49)/t26-,27-,28+,29-,32-,33-,37-,62-/m1/s1. The largest absolute Gasteiger partial charge is 0.474 e. The molecule has 1 unspecified atom stereocenters. The molecule has 6 rings (SSSR count). The van der Waals surface area contributed by atoms with Gasteiger partial charge in [-0.3, -0.25) is 29.0 Å². The third-order valence-electron chi connectivity index (χ3n) is 11.8. The number of rotatable bonds is 19. The van der Waals surface area contributed by atoms with Crippen molar-refractivity contribution in [3.8, 4) is 11.9 Å². The third kappa shape index (κ3) is 11.5. The molecule has 0 bridgehead atoms. The molecule has 3 N–H and O–H groups in total. The Balaban J connectivity index is 1.44. The number of hydrogen-bond acceptors (Lipinski definition) is 19. The Labute approximate surface area is 385 Å². The maximum absolute atomic E-state index is 13.4. The molecular weight excluding hydrogens is 941 g/mol. The van der Waals surface area contributed by atoms with Crippen LogP contribution in [-0.2, 0) is 57.0 Å². The molecule has 0 aromatic carbocycles. The van der Waals surface area contributed by atoms with E-state index in [1.54, 1.807) is 19.9 Å². The Bertz CT molecular complexity index is 2270. The van der Waals surface area contributed by atoms with Crippen LogP contribution in [-0.4, -0.2) is 113 Å². The smallest absolute Gasteiger partial charge is 0.335 e. The number of ether oxygens (including phenoxy) is 2. The predicted octanol–water partition coefficient (Wildman–Crippen LogP) is 5.93. The number of nitriles is 1. The summed E-state index contributed by atoms with van der Waals surface area (Å²) in [6, 6.07) is 3.66. The molecule has 22 nitrogen and oxygen atoms in total. The first-order valence-corrected chi connectivity index (χ1v) is 29.6. The summed E-state index contributed by atoms with van der Waals surface area (Å²) < 4.78 is 73.4. The third-order valence-corrected chi connectivity index (χ3v) is 24.9. The fourth-order valence-electron chi connectivity index (χ4n) is 8.50. The number of carbonyl (C=O) groups is 1. The van der Waals surface area contributed by atoms with E-state index in [1.807, 2.05) is 0 Å². The highest BCUT2D eigenvalue weighted by molar-refractivity contribution is 8.07. The zero-order chi connectivity index (χ0) is 47.4. The van der Waals surface area contributed by atoms with E-state index < -0.39 is 86.2 Å². The Hall–Kier alpha value is -2.93. The van der Waals surface area contributed by atoms with Gasteiger partial charge in [-0.25, -0.2) is 9.97 Å². The molecule has 5 heterocycles. The summed E-state index contributed by atoms with van der Waals surface area (Å²) in [5, 5.41) is 20.7. The number of H-pyrrole nitrogens is 1. The quantitative estimate of drug-likeness (QED) is 0.0712. The average molecular weight is 1000 g/mol. The van der Waals surface area contributed by atoms with Crippen LogP contribution in [0.25, 0.3) is 11.2 Å². The molecule has 2 saturated heterocycles. The van der Waals surface area contributed by atoms with Gasteiger partial charge in [-0.2, -0.15) is 14.9 Å². The van der Waals surface area contributed by atoms with Gasteiger partial charge in [0.15, 0.2) is 17.4 Å². The molecule has 0 radical (unpaired) electrons. The predicted molar refractivity (Wildman–Crippen MR) is 244 cm³/mol. The van der Waals surface area contributed by atoms with Crippen LogP contribution in [0, 0.1) is 23.2 Å². The van der Waals surface area contributed by atoms with Crippen molar-refractivity contribution in [1.29, 1.82) is 5.26 Å². The molecule has 3 aliphatic rings. The molecule has 1 saturated carbocycles. The molecule has 0 spiro atoms. The van der Waals surface area contributed by atoms with E-state index in [4.69, 9.17) is 52.3 Å². The lowest BCUT2D eigenvalue weighted by Crippen LogP contribution is -2.65. The first-order valence-electron chi connectivity index (χ1n) is 21.8. The van der Waals surface area contributed by atoms with E-state index in [1.165, 1.54) is 17.2 Å². The summed E-state index contributed by atoms with van der Waals surface area (Å²) in [7, 11) is -9.80. The molecule has 1 aliphatic carbocycles. The summed E-state index contributed by atoms with van der Waals surface area (Å²) in [5.74, 6) is -1.16. The van der Waals surface area contributed by atoms with Crippen molar-refractivity contribution >= 4 is 66.9 Å². The fraction of sp³-hybridized carbons (Fsp3) is 0.737. The normalized spacial score (nSPS) is 26.8. The van der Waals surface area contributed by atoms with Gasteiger partial charge in [0.2, 0.25) is 17.7 Å². The Morgan fingerprint density at radius 3 is 2.43 bits per heavy atom. The molecule has 3 aromatic heterocycles. The fourth-order valence-corrected chi connectivity index (χ4v) is 22.4. The molecule has 3 fully saturated rings. The lowest BCUT2D eigenvalue weighted by molar-refractivity contribution is -0.118. The van der Waals surface area contributed by atoms with Gasteiger partial charge in [0.05, 0.1) is 38.4 Å². The van der Waals surface area contributed by atoms with Crippen molar-refractivity contribution in [1.82, 2.24) is 34.9 Å². The Morgan fingerprint density at radius 2 is 1.82 bits per heavy atom. The number of hydrogen-bond donors (Lipinski definition) is 3. The van der Waals surface area contributed by atoms with Crippen LogP contribution in [0.3, 0.4) is 0 Å². The van der Waals surface area contributed by atoms with Gasteiger partial charge in [-0.05, 0) is 40.4 Å². The van der Waals surface area contributed by atoms with Crippen LogP contribution in [0.4, 0.5) is 5.95 Å². The topological polar surface area (TPSA) is 276 Å². The zero-order valence-electron chi connectivity index (χ0n) is 38.2. The highest BCUT2D eigenvalue weighted by atomic mass is 32.5. The molecule has 360 valence electrons. The number of aromatic nitrogens is 7. The summed E-state index contributed by atoms with van der Waals surface area (Å²) in [5.41, 5.74) is -1.00. The van der Waals surface area contributed by atoms with Crippen LogP contribution >= 0.6 is 15.0 Å². The van der Waals surface area contributed by atoms with Gasteiger partial charge in [0, 0.05) is 30.5 Å². The number of nitrogens with one attached hydrogen (secondary N) is 2. The SMILES string of the molecule is CC(C)C(=O)Nc1nc2c(nnn2[C@@H]2O[C@@H]3CO[Si](C(C)C)(C(C)C)O[Si](C(C)C)(C(C)C)O[C@H]3[C@H]2O[P@@](=S)(OCCC#N)OC[C@H]2C[C@@H](Oc3ccncn3)C[C@@H]2O[PH](=O)O)c(=O)[nH]1. The van der Waals surface area contributed by atoms with Gasteiger partial charge < -0.3 is 40.9 Å². The first-order chi connectivity index (χ1) is 30.7. The number of carbonyl (C=O) groups excluding carboxylic acids is 1. The summed E-state index contributed by atoms with van der Waals surface area (Å²) in [6.45, 7) is 15.8. The van der Waals surface area contributed by atoms with Gasteiger partial charge in [-0.1, -0.05) is 74.5 Å². The number of aromatic amines is 1. The second-order valence-corrected chi connectivity index (χ2v) is 30.5. The van der Waals surface area contributed by atoms with Crippen LogP contribution in [0.5, 0.6) is 5.88 Å². The lowest BCUT2D eigenvalue weighted by Gasteiger charge is -2.51. The number of amides is 1. The number of nitrogens with zero attached hydrogens (tertiary/aromatic N) is 7. The van der Waals surface area contributed by atoms with Gasteiger partial charge in [-0.15, -0.1) is 5.10 Å². The molecule has 9 atom stereocenters. The van der Waals surface area contributed by atoms with Crippen LogP contribution < -0.4 is 15.6 Å². The second kappa shape index (κ2) is 21.6. The van der Waals surface area contributed by atoms with E-state index in [-0.39, 0.29) is 77.8 Å². The minimum Gasteiger partial charge on any atom is -0.474 e. The van der Waals surface area contributed by atoms with Crippen molar-refractivity contribution in [2.75, 3.05) is 25.1 Å². The van der Waals surface area contributed by atoms with Crippen molar-refractivity contribution < 1.29 is 54.8 Å². The first kappa shape index (κ1) is 51.5. The molecule has 27 heteroatoms. The molecular formula is C38H61N9O13P2SSi2. The zero-order valence-corrected chi connectivity index (χ0v) is 42.9. The summed E-state index contributed by atoms with van der Waals surface area (Å²) in [6.07, 6.45) is -2.15. The maximum Gasteiger partial charge on any atom is 0.335 e. The van der Waals surface area contributed by atoms with Crippen LogP contribution in [0.15, 0.2) is 23.4 Å². The minimum absolute atomic E-state index is 0.0226. The molecule has 65 heavy (non-hydrogen) atoms. The van der Waals surface area contributed by atoms with E-state index >= 15 is 0 Å². The highest BCUT2D eigenvalue weighted by Gasteiger charge is 2.63.